The molecule has 1 heterocycles. The first-order valence-corrected chi connectivity index (χ1v) is 7.56. The first-order valence-electron chi connectivity index (χ1n) is 6.81. The van der Waals surface area contributed by atoms with Crippen molar-refractivity contribution < 1.29 is 4.79 Å². The fourth-order valence-electron chi connectivity index (χ4n) is 2.03. The Morgan fingerprint density at radius 1 is 1.09 bits per heavy atom. The quantitative estimate of drug-likeness (QED) is 0.779. The van der Waals surface area contributed by atoms with Crippen molar-refractivity contribution in [2.45, 2.75) is 6.54 Å². The normalized spacial score (nSPS) is 10.5. The summed E-state index contributed by atoms with van der Waals surface area (Å²) in [6, 6.07) is 14.1. The number of carbonyl (C=O) groups is 1. The van der Waals surface area contributed by atoms with Crippen molar-refractivity contribution in [1.82, 2.24) is 14.8 Å². The van der Waals surface area contributed by atoms with Gasteiger partial charge in [0.2, 0.25) is 5.95 Å². The molecule has 1 amide bonds. The molecule has 0 saturated heterocycles. The summed E-state index contributed by atoms with van der Waals surface area (Å²) in [7, 11) is 0. The third-order valence-electron chi connectivity index (χ3n) is 3.10. The number of hydrogen-bond acceptors (Lipinski definition) is 3. The molecule has 0 aliphatic heterocycles. The van der Waals surface area contributed by atoms with Gasteiger partial charge in [0.1, 0.15) is 6.33 Å². The molecule has 0 bridgehead atoms. The highest BCUT2D eigenvalue weighted by Gasteiger charge is 2.09. The van der Waals surface area contributed by atoms with Crippen molar-refractivity contribution in [1.29, 1.82) is 0 Å². The third kappa shape index (κ3) is 4.09. The molecule has 3 rings (SSSR count). The largest absolute Gasteiger partial charge is 0.289 e. The van der Waals surface area contributed by atoms with Crippen LogP contribution in [0.15, 0.2) is 54.9 Å². The van der Waals surface area contributed by atoms with Gasteiger partial charge in [0.05, 0.1) is 6.54 Å². The van der Waals surface area contributed by atoms with Crippen LogP contribution in [0.5, 0.6) is 0 Å². The summed E-state index contributed by atoms with van der Waals surface area (Å²) in [4.78, 5) is 16.2. The van der Waals surface area contributed by atoms with Gasteiger partial charge in [0, 0.05) is 15.6 Å². The number of benzene rings is 2. The van der Waals surface area contributed by atoms with E-state index in [2.05, 4.69) is 15.4 Å². The van der Waals surface area contributed by atoms with E-state index < -0.39 is 0 Å². The first-order chi connectivity index (χ1) is 11.1. The minimum atomic E-state index is -0.290. The molecule has 3 aromatic rings. The topological polar surface area (TPSA) is 59.8 Å². The summed E-state index contributed by atoms with van der Waals surface area (Å²) >= 11 is 11.8. The average molecular weight is 347 g/mol. The molecule has 0 unspecified atom stereocenters. The third-order valence-corrected chi connectivity index (χ3v) is 3.59. The van der Waals surface area contributed by atoms with Gasteiger partial charge in [0.15, 0.2) is 0 Å². The molecule has 0 atom stereocenters. The molecule has 0 aliphatic rings. The van der Waals surface area contributed by atoms with Gasteiger partial charge in [-0.3, -0.25) is 10.1 Å². The molecule has 1 aromatic heterocycles. The minimum absolute atomic E-state index is 0.243. The van der Waals surface area contributed by atoms with E-state index in [0.29, 0.717) is 22.2 Å². The Balaban J connectivity index is 1.67. The SMILES string of the molecule is O=C(Nc1ncn(Cc2cccc(Cl)c2)n1)c1ccc(Cl)cc1. The van der Waals surface area contributed by atoms with Crippen LogP contribution in [0.3, 0.4) is 0 Å². The van der Waals surface area contributed by atoms with Gasteiger partial charge in [0.25, 0.3) is 5.91 Å². The average Bonchev–Trinajstić information content (AvgIpc) is 2.95. The molecule has 0 saturated carbocycles. The summed E-state index contributed by atoms with van der Waals surface area (Å²) in [5.41, 5.74) is 1.48. The Kier molecular flexibility index (Phi) is 4.60. The van der Waals surface area contributed by atoms with Gasteiger partial charge >= 0.3 is 0 Å². The maximum Gasteiger partial charge on any atom is 0.258 e. The minimum Gasteiger partial charge on any atom is -0.289 e. The van der Waals surface area contributed by atoms with Crippen molar-refractivity contribution in [3.05, 3.63) is 76.0 Å². The lowest BCUT2D eigenvalue weighted by Crippen LogP contribution is -2.13. The van der Waals surface area contributed by atoms with Crippen molar-refractivity contribution in [2.24, 2.45) is 0 Å². The predicted molar refractivity (Wildman–Crippen MR) is 90.0 cm³/mol. The predicted octanol–water partition coefficient (Wildman–Crippen LogP) is 3.89. The van der Waals surface area contributed by atoms with Crippen LogP contribution >= 0.6 is 23.2 Å². The van der Waals surface area contributed by atoms with Crippen LogP contribution in [0.4, 0.5) is 5.95 Å². The van der Waals surface area contributed by atoms with Crippen LogP contribution < -0.4 is 5.32 Å². The molecule has 0 aliphatic carbocycles. The van der Waals surface area contributed by atoms with E-state index in [4.69, 9.17) is 23.2 Å². The molecular formula is C16H12Cl2N4O. The molecule has 7 heteroatoms. The summed E-state index contributed by atoms with van der Waals surface area (Å²) in [6.45, 7) is 0.518. The Hall–Kier alpha value is -2.37. The highest BCUT2D eigenvalue weighted by molar-refractivity contribution is 6.31. The number of rotatable bonds is 4. The number of halogens is 2. The summed E-state index contributed by atoms with van der Waals surface area (Å²) in [5, 5.41) is 8.11. The number of carbonyl (C=O) groups excluding carboxylic acids is 1. The van der Waals surface area contributed by atoms with E-state index in [1.165, 1.54) is 0 Å². The number of amides is 1. The fraction of sp³-hybridized carbons (Fsp3) is 0.0625. The number of anilines is 1. The Morgan fingerprint density at radius 3 is 2.61 bits per heavy atom. The summed E-state index contributed by atoms with van der Waals surface area (Å²) < 4.78 is 1.63. The maximum absolute atomic E-state index is 12.1. The summed E-state index contributed by atoms with van der Waals surface area (Å²) in [5.74, 6) is -0.0471. The van der Waals surface area contributed by atoms with Gasteiger partial charge in [-0.05, 0) is 42.0 Å². The lowest BCUT2D eigenvalue weighted by atomic mass is 10.2. The second-order valence-corrected chi connectivity index (χ2v) is 5.73. The van der Waals surface area contributed by atoms with E-state index in [-0.39, 0.29) is 11.9 Å². The molecule has 1 N–H and O–H groups in total. The smallest absolute Gasteiger partial charge is 0.258 e. The lowest BCUT2D eigenvalue weighted by molar-refractivity contribution is 0.102. The molecule has 2 aromatic carbocycles. The Bertz CT molecular complexity index is 830. The monoisotopic (exact) mass is 346 g/mol. The zero-order valence-corrected chi connectivity index (χ0v) is 13.4. The second-order valence-electron chi connectivity index (χ2n) is 4.86. The maximum atomic E-state index is 12.1. The van der Waals surface area contributed by atoms with Crippen LogP contribution in [0.25, 0.3) is 0 Å². The Morgan fingerprint density at radius 2 is 1.87 bits per heavy atom. The van der Waals surface area contributed by atoms with Gasteiger partial charge in [-0.2, -0.15) is 0 Å². The molecule has 0 radical (unpaired) electrons. The highest BCUT2D eigenvalue weighted by Crippen LogP contribution is 2.13. The number of aromatic nitrogens is 3. The standard InChI is InChI=1S/C16H12Cl2N4O/c17-13-6-4-12(5-7-13)15(23)20-16-19-10-22(21-16)9-11-2-1-3-14(18)8-11/h1-8,10H,9H2,(H,20,21,23). The first kappa shape index (κ1) is 15.5. The van der Waals surface area contributed by atoms with Crippen LogP contribution in [-0.2, 0) is 6.54 Å². The molecule has 23 heavy (non-hydrogen) atoms. The zero-order valence-electron chi connectivity index (χ0n) is 11.9. The van der Waals surface area contributed by atoms with E-state index >= 15 is 0 Å². The van der Waals surface area contributed by atoms with Crippen molar-refractivity contribution >= 4 is 35.1 Å². The van der Waals surface area contributed by atoms with Gasteiger partial charge in [-0.25, -0.2) is 9.67 Å². The van der Waals surface area contributed by atoms with Gasteiger partial charge in [-0.1, -0.05) is 35.3 Å². The van der Waals surface area contributed by atoms with Crippen molar-refractivity contribution in [2.75, 3.05) is 5.32 Å². The van der Waals surface area contributed by atoms with Gasteiger partial charge < -0.3 is 0 Å². The summed E-state index contributed by atoms with van der Waals surface area (Å²) in [6.07, 6.45) is 1.55. The van der Waals surface area contributed by atoms with Crippen molar-refractivity contribution in [3.8, 4) is 0 Å². The van der Waals surface area contributed by atoms with Crippen LogP contribution in [0.1, 0.15) is 15.9 Å². The van der Waals surface area contributed by atoms with E-state index in [9.17, 15) is 4.79 Å². The molecule has 0 spiro atoms. The van der Waals surface area contributed by atoms with E-state index in [1.54, 1.807) is 35.3 Å². The van der Waals surface area contributed by atoms with Gasteiger partial charge in [-0.15, -0.1) is 5.10 Å². The highest BCUT2D eigenvalue weighted by atomic mass is 35.5. The number of nitrogens with one attached hydrogen (secondary N) is 1. The van der Waals surface area contributed by atoms with Crippen LogP contribution in [-0.4, -0.2) is 20.7 Å². The number of nitrogens with zero attached hydrogens (tertiary/aromatic N) is 3. The van der Waals surface area contributed by atoms with E-state index in [0.717, 1.165) is 5.56 Å². The zero-order chi connectivity index (χ0) is 16.2. The molecule has 5 nitrogen and oxygen atoms in total. The molecule has 0 fully saturated rings. The van der Waals surface area contributed by atoms with Crippen molar-refractivity contribution in [3.63, 3.8) is 0 Å². The molecule has 116 valence electrons. The lowest BCUT2D eigenvalue weighted by Gasteiger charge is -2.02. The number of hydrogen-bond donors (Lipinski definition) is 1. The molecular weight excluding hydrogens is 335 g/mol. The van der Waals surface area contributed by atoms with E-state index in [1.807, 2.05) is 24.3 Å². The second kappa shape index (κ2) is 6.81. The van der Waals surface area contributed by atoms with Crippen LogP contribution in [0, 0.1) is 0 Å². The van der Waals surface area contributed by atoms with Crippen LogP contribution in [0.2, 0.25) is 10.0 Å². The fourth-order valence-corrected chi connectivity index (χ4v) is 2.36. The Labute approximate surface area is 142 Å².